The highest BCUT2D eigenvalue weighted by Gasteiger charge is 2.12. The molecule has 2 aromatic carbocycles. The fourth-order valence-corrected chi connectivity index (χ4v) is 2.53. The standard InChI is InChI=1S/C20H15N5O/c26-20(15-9-5-2-6-10-15)25-19-17-18(21-13-22-19)24-16(23-17)12-11-14-7-3-1-4-8-14/h1-13H,(H2,21,22,23,24,25,26)/b12-11+. The molecule has 126 valence electrons. The van der Waals surface area contributed by atoms with Gasteiger partial charge in [-0.15, -0.1) is 0 Å². The number of amides is 1. The van der Waals surface area contributed by atoms with Gasteiger partial charge in [0.15, 0.2) is 11.5 Å². The van der Waals surface area contributed by atoms with Gasteiger partial charge in [0.2, 0.25) is 0 Å². The molecule has 0 saturated carbocycles. The van der Waals surface area contributed by atoms with Gasteiger partial charge in [0.05, 0.1) is 0 Å². The van der Waals surface area contributed by atoms with Gasteiger partial charge in [-0.1, -0.05) is 54.6 Å². The van der Waals surface area contributed by atoms with Crippen LogP contribution in [0.25, 0.3) is 23.3 Å². The van der Waals surface area contributed by atoms with Gasteiger partial charge in [-0.2, -0.15) is 0 Å². The lowest BCUT2D eigenvalue weighted by molar-refractivity contribution is 0.102. The third kappa shape index (κ3) is 3.34. The van der Waals surface area contributed by atoms with Crippen LogP contribution in [0.4, 0.5) is 5.82 Å². The molecule has 2 aromatic heterocycles. The van der Waals surface area contributed by atoms with Crippen molar-refractivity contribution in [3.05, 3.63) is 83.9 Å². The number of carbonyl (C=O) groups is 1. The van der Waals surface area contributed by atoms with E-state index in [1.54, 1.807) is 12.1 Å². The molecule has 0 radical (unpaired) electrons. The van der Waals surface area contributed by atoms with E-state index in [4.69, 9.17) is 0 Å². The van der Waals surface area contributed by atoms with Crippen LogP contribution in [0.5, 0.6) is 0 Å². The highest BCUT2D eigenvalue weighted by Crippen LogP contribution is 2.18. The Labute approximate surface area is 149 Å². The van der Waals surface area contributed by atoms with Crippen molar-refractivity contribution >= 4 is 35.0 Å². The van der Waals surface area contributed by atoms with E-state index in [0.717, 1.165) is 5.56 Å². The summed E-state index contributed by atoms with van der Waals surface area (Å²) in [5.74, 6) is 0.803. The van der Waals surface area contributed by atoms with Crippen molar-refractivity contribution in [2.75, 3.05) is 5.32 Å². The largest absolute Gasteiger partial charge is 0.334 e. The molecule has 2 N–H and O–H groups in total. The van der Waals surface area contributed by atoms with Gasteiger partial charge in [-0.3, -0.25) is 4.79 Å². The molecule has 26 heavy (non-hydrogen) atoms. The van der Waals surface area contributed by atoms with E-state index in [-0.39, 0.29) is 5.91 Å². The fraction of sp³-hybridized carbons (Fsp3) is 0. The molecule has 0 fully saturated rings. The van der Waals surface area contributed by atoms with Crippen molar-refractivity contribution in [2.45, 2.75) is 0 Å². The molecule has 4 aromatic rings. The number of hydrogen-bond donors (Lipinski definition) is 2. The minimum absolute atomic E-state index is 0.235. The van der Waals surface area contributed by atoms with Crippen molar-refractivity contribution in [3.63, 3.8) is 0 Å². The van der Waals surface area contributed by atoms with Crippen LogP contribution in [0.2, 0.25) is 0 Å². The molecule has 6 heteroatoms. The lowest BCUT2D eigenvalue weighted by Gasteiger charge is -2.04. The molecule has 0 aliphatic rings. The van der Waals surface area contributed by atoms with E-state index in [0.29, 0.717) is 28.4 Å². The maximum Gasteiger partial charge on any atom is 0.256 e. The lowest BCUT2D eigenvalue weighted by Crippen LogP contribution is -2.13. The van der Waals surface area contributed by atoms with Crippen LogP contribution in [0, 0.1) is 0 Å². The normalized spacial score (nSPS) is 11.1. The number of nitrogens with one attached hydrogen (secondary N) is 2. The first-order chi connectivity index (χ1) is 12.8. The summed E-state index contributed by atoms with van der Waals surface area (Å²) < 4.78 is 0. The van der Waals surface area contributed by atoms with Gasteiger partial charge in [0.25, 0.3) is 5.91 Å². The Morgan fingerprint density at radius 1 is 0.923 bits per heavy atom. The van der Waals surface area contributed by atoms with Gasteiger partial charge < -0.3 is 10.3 Å². The quantitative estimate of drug-likeness (QED) is 0.592. The molecular weight excluding hydrogens is 326 g/mol. The van der Waals surface area contributed by atoms with Gasteiger partial charge in [0.1, 0.15) is 17.7 Å². The van der Waals surface area contributed by atoms with E-state index >= 15 is 0 Å². The summed E-state index contributed by atoms with van der Waals surface area (Å²) in [6.07, 6.45) is 5.20. The smallest absolute Gasteiger partial charge is 0.256 e. The predicted molar refractivity (Wildman–Crippen MR) is 101 cm³/mol. The number of imidazole rings is 1. The second kappa shape index (κ2) is 6.98. The Balaban J connectivity index is 1.62. The number of benzene rings is 2. The molecule has 0 atom stereocenters. The number of anilines is 1. The predicted octanol–water partition coefficient (Wildman–Crippen LogP) is 3.78. The van der Waals surface area contributed by atoms with Gasteiger partial charge >= 0.3 is 0 Å². The Bertz CT molecular complexity index is 1070. The maximum absolute atomic E-state index is 12.4. The van der Waals surface area contributed by atoms with Crippen LogP contribution < -0.4 is 5.32 Å². The van der Waals surface area contributed by atoms with E-state index in [2.05, 4.69) is 25.3 Å². The van der Waals surface area contributed by atoms with Crippen LogP contribution in [0.1, 0.15) is 21.7 Å². The zero-order chi connectivity index (χ0) is 17.8. The molecule has 0 aliphatic heterocycles. The summed E-state index contributed by atoms with van der Waals surface area (Å²) in [4.78, 5) is 28.3. The molecule has 0 bridgehead atoms. The van der Waals surface area contributed by atoms with Crippen molar-refractivity contribution in [2.24, 2.45) is 0 Å². The number of carbonyl (C=O) groups excluding carboxylic acids is 1. The molecule has 1 amide bonds. The van der Waals surface area contributed by atoms with Gasteiger partial charge in [-0.25, -0.2) is 15.0 Å². The number of H-pyrrole nitrogens is 1. The number of aromatic amines is 1. The SMILES string of the molecule is O=C(Nc1ncnc2nc(/C=C/c3ccccc3)[nH]c12)c1ccccc1. The molecule has 6 nitrogen and oxygen atoms in total. The third-order valence-corrected chi connectivity index (χ3v) is 3.81. The minimum Gasteiger partial charge on any atom is -0.334 e. The van der Waals surface area contributed by atoms with E-state index < -0.39 is 0 Å². The fourth-order valence-electron chi connectivity index (χ4n) is 2.53. The average Bonchev–Trinajstić information content (AvgIpc) is 3.12. The molecule has 4 rings (SSSR count). The molecule has 0 aliphatic carbocycles. The number of rotatable bonds is 4. The van der Waals surface area contributed by atoms with Crippen LogP contribution >= 0.6 is 0 Å². The van der Waals surface area contributed by atoms with Gasteiger partial charge in [0, 0.05) is 5.56 Å². The van der Waals surface area contributed by atoms with Crippen LogP contribution in [-0.4, -0.2) is 25.8 Å². The lowest BCUT2D eigenvalue weighted by atomic mass is 10.2. The monoisotopic (exact) mass is 341 g/mol. The minimum atomic E-state index is -0.235. The summed E-state index contributed by atoms with van der Waals surface area (Å²) >= 11 is 0. The van der Waals surface area contributed by atoms with Crippen molar-refractivity contribution in [1.29, 1.82) is 0 Å². The molecule has 0 saturated heterocycles. The molecule has 0 unspecified atom stereocenters. The number of aromatic nitrogens is 4. The Morgan fingerprint density at radius 2 is 1.65 bits per heavy atom. The van der Waals surface area contributed by atoms with Crippen LogP contribution in [0.15, 0.2) is 67.0 Å². The van der Waals surface area contributed by atoms with Crippen molar-refractivity contribution in [3.8, 4) is 0 Å². The Morgan fingerprint density at radius 3 is 2.42 bits per heavy atom. The maximum atomic E-state index is 12.4. The topological polar surface area (TPSA) is 83.6 Å². The average molecular weight is 341 g/mol. The molecule has 0 spiro atoms. The van der Waals surface area contributed by atoms with Crippen LogP contribution in [0.3, 0.4) is 0 Å². The highest BCUT2D eigenvalue weighted by molar-refractivity contribution is 6.06. The van der Waals surface area contributed by atoms with Crippen molar-refractivity contribution < 1.29 is 4.79 Å². The van der Waals surface area contributed by atoms with E-state index in [1.165, 1.54) is 6.33 Å². The molecule has 2 heterocycles. The summed E-state index contributed by atoms with van der Waals surface area (Å²) in [6.45, 7) is 0. The van der Waals surface area contributed by atoms with Crippen molar-refractivity contribution in [1.82, 2.24) is 19.9 Å². The summed E-state index contributed by atoms with van der Waals surface area (Å²) in [5, 5.41) is 2.80. The Hall–Kier alpha value is -3.80. The summed E-state index contributed by atoms with van der Waals surface area (Å²) in [5.41, 5.74) is 2.71. The number of fused-ring (bicyclic) bond motifs is 1. The second-order valence-corrected chi connectivity index (χ2v) is 5.61. The first kappa shape index (κ1) is 15.7. The van der Waals surface area contributed by atoms with Gasteiger partial charge in [-0.05, 0) is 23.8 Å². The van der Waals surface area contributed by atoms with E-state index in [1.807, 2.05) is 60.7 Å². The second-order valence-electron chi connectivity index (χ2n) is 5.61. The zero-order valence-electron chi connectivity index (χ0n) is 13.8. The number of nitrogens with zero attached hydrogens (tertiary/aromatic N) is 3. The Kier molecular flexibility index (Phi) is 4.22. The number of hydrogen-bond acceptors (Lipinski definition) is 4. The summed E-state index contributed by atoms with van der Waals surface area (Å²) in [7, 11) is 0. The summed E-state index contributed by atoms with van der Waals surface area (Å²) in [6, 6.07) is 18.9. The first-order valence-corrected chi connectivity index (χ1v) is 8.10. The first-order valence-electron chi connectivity index (χ1n) is 8.10. The molecular formula is C20H15N5O. The zero-order valence-corrected chi connectivity index (χ0v) is 13.8. The highest BCUT2D eigenvalue weighted by atomic mass is 16.1. The third-order valence-electron chi connectivity index (χ3n) is 3.81. The van der Waals surface area contributed by atoms with E-state index in [9.17, 15) is 4.79 Å². The van der Waals surface area contributed by atoms with Crippen LogP contribution in [-0.2, 0) is 0 Å².